The smallest absolute Gasteiger partial charge is 0.341 e. The van der Waals surface area contributed by atoms with Crippen molar-refractivity contribution in [2.45, 2.75) is 122 Å². The lowest BCUT2D eigenvalue weighted by Gasteiger charge is -2.07. The van der Waals surface area contributed by atoms with Crippen LogP contribution in [0.3, 0.4) is 0 Å². The number of hydrogen-bond donors (Lipinski definition) is 0. The van der Waals surface area contributed by atoms with Gasteiger partial charge >= 0.3 is 6.00 Å². The minimum Gasteiger partial charge on any atom is -0.381 e. The van der Waals surface area contributed by atoms with E-state index in [1.54, 1.807) is 0 Å². The summed E-state index contributed by atoms with van der Waals surface area (Å²) in [6.45, 7) is 4.19. The third kappa shape index (κ3) is 25.0. The van der Waals surface area contributed by atoms with Crippen molar-refractivity contribution >= 4 is 39.2 Å². The minimum absolute atomic E-state index is 0.822. The molecule has 0 fully saturated rings. The largest absolute Gasteiger partial charge is 0.381 e. The number of ether oxygens (including phenoxy) is 1. The summed E-state index contributed by atoms with van der Waals surface area (Å²) in [6, 6.07) is -1.54. The van der Waals surface area contributed by atoms with Gasteiger partial charge in [0.1, 0.15) is 0 Å². The average molecular weight is 446 g/mol. The second kappa shape index (κ2) is 20.8. The Bertz CT molecular complexity index is 272. The first-order chi connectivity index (χ1) is 12.6. The zero-order valence-electron chi connectivity index (χ0n) is 17.2. The molecule has 0 rings (SSSR count). The van der Waals surface area contributed by atoms with Gasteiger partial charge in [-0.3, -0.25) is 0 Å². The Morgan fingerprint density at radius 3 is 1.23 bits per heavy atom. The molecule has 0 atom stereocenters. The highest BCUT2D eigenvalue weighted by Gasteiger charge is 2.23. The van der Waals surface area contributed by atoms with Crippen LogP contribution >= 0.6 is 33.2 Å². The predicted octanol–water partition coefficient (Wildman–Crippen LogP) is 9.31. The fourth-order valence-corrected chi connectivity index (χ4v) is 5.06. The van der Waals surface area contributed by atoms with E-state index in [1.165, 1.54) is 103 Å². The highest BCUT2D eigenvalue weighted by atomic mass is 35.8. The van der Waals surface area contributed by atoms with Crippen molar-refractivity contribution in [1.29, 1.82) is 0 Å². The van der Waals surface area contributed by atoms with Crippen molar-refractivity contribution in [3.05, 3.63) is 0 Å². The molecule has 0 saturated carbocycles. The number of rotatable bonds is 21. The van der Waals surface area contributed by atoms with Gasteiger partial charge in [-0.2, -0.15) is 0 Å². The second-order valence-corrected chi connectivity index (χ2v) is 16.9. The summed E-state index contributed by atoms with van der Waals surface area (Å²) in [5, 5.41) is 0. The molecule has 0 aromatic rings. The quantitative estimate of drug-likeness (QED) is 0.0970. The predicted molar refractivity (Wildman–Crippen MR) is 123 cm³/mol. The Hall–Kier alpha value is 1.05. The summed E-state index contributed by atoms with van der Waals surface area (Å²) in [7, 11) is 0. The van der Waals surface area contributed by atoms with Crippen LogP contribution in [0.25, 0.3) is 0 Å². The van der Waals surface area contributed by atoms with E-state index in [1.807, 2.05) is 0 Å². The van der Waals surface area contributed by atoms with Crippen LogP contribution in [0.1, 0.15) is 116 Å². The second-order valence-electron chi connectivity index (χ2n) is 7.63. The zero-order valence-corrected chi connectivity index (χ0v) is 20.5. The number of halogens is 3. The van der Waals surface area contributed by atoms with E-state index in [-0.39, 0.29) is 0 Å². The van der Waals surface area contributed by atoms with Gasteiger partial charge in [-0.1, -0.05) is 103 Å². The molecule has 5 heteroatoms. The molecular weight excluding hydrogens is 403 g/mol. The molecule has 0 unspecified atom stereocenters. The van der Waals surface area contributed by atoms with Crippen LogP contribution < -0.4 is 0 Å². The molecule has 0 aliphatic heterocycles. The topological polar surface area (TPSA) is 9.23 Å². The maximum absolute atomic E-state index is 5.88. The third-order valence-electron chi connectivity index (χ3n) is 4.89. The maximum atomic E-state index is 5.88. The summed E-state index contributed by atoms with van der Waals surface area (Å²) in [5.74, 6) is 0. The van der Waals surface area contributed by atoms with Gasteiger partial charge in [-0.15, -0.1) is 33.2 Å². The molecule has 0 radical (unpaired) electrons. The van der Waals surface area contributed by atoms with Gasteiger partial charge in [-0.25, -0.2) is 0 Å². The van der Waals surface area contributed by atoms with E-state index in [2.05, 4.69) is 6.92 Å². The van der Waals surface area contributed by atoms with Crippen molar-refractivity contribution in [2.24, 2.45) is 0 Å². The fourth-order valence-electron chi connectivity index (χ4n) is 3.21. The van der Waals surface area contributed by atoms with Crippen LogP contribution in [-0.4, -0.2) is 19.2 Å². The summed E-state index contributed by atoms with van der Waals surface area (Å²) >= 11 is 17.6. The summed E-state index contributed by atoms with van der Waals surface area (Å²) in [5.41, 5.74) is 0. The highest BCUT2D eigenvalue weighted by molar-refractivity contribution is 7.64. The van der Waals surface area contributed by atoms with Crippen LogP contribution in [0.5, 0.6) is 0 Å². The molecule has 0 saturated heterocycles. The van der Waals surface area contributed by atoms with Gasteiger partial charge in [0.25, 0.3) is 0 Å². The summed E-state index contributed by atoms with van der Waals surface area (Å²) in [4.78, 5) is 0. The Balaban J connectivity index is 3.01. The van der Waals surface area contributed by atoms with Crippen LogP contribution in [0.2, 0.25) is 6.04 Å². The van der Waals surface area contributed by atoms with Gasteiger partial charge in [0.05, 0.1) is 0 Å². The molecule has 26 heavy (non-hydrogen) atoms. The Kier molecular flexibility index (Phi) is 21.6. The van der Waals surface area contributed by atoms with Crippen LogP contribution in [-0.2, 0) is 4.74 Å². The van der Waals surface area contributed by atoms with E-state index in [0.717, 1.165) is 25.7 Å². The van der Waals surface area contributed by atoms with Gasteiger partial charge < -0.3 is 4.74 Å². The van der Waals surface area contributed by atoms with Crippen molar-refractivity contribution < 1.29 is 4.74 Å². The van der Waals surface area contributed by atoms with Crippen LogP contribution in [0.4, 0.5) is 0 Å². The first-order valence-corrected chi connectivity index (χ1v) is 16.4. The Morgan fingerprint density at radius 2 is 0.846 bits per heavy atom. The molecule has 0 bridgehead atoms. The summed E-state index contributed by atoms with van der Waals surface area (Å²) < 4.78 is 5.69. The molecular formula is C21H43Cl3OSi. The maximum Gasteiger partial charge on any atom is 0.341 e. The first kappa shape index (κ1) is 27.0. The van der Waals surface area contributed by atoms with E-state index >= 15 is 0 Å². The normalized spacial score (nSPS) is 12.0. The minimum atomic E-state index is -2.36. The Labute approximate surface area is 179 Å². The standard InChI is InChI=1S/C21H43Cl3OSi/c1-2-3-4-16-19-25-20-17-14-12-10-8-6-5-7-9-11-13-15-18-21-26(22,23)24/h2-21H2,1H3. The molecule has 158 valence electrons. The zero-order chi connectivity index (χ0) is 19.3. The molecule has 1 nitrogen and oxygen atoms in total. The average Bonchev–Trinajstić information content (AvgIpc) is 2.59. The van der Waals surface area contributed by atoms with Crippen LogP contribution in [0.15, 0.2) is 0 Å². The van der Waals surface area contributed by atoms with Crippen molar-refractivity contribution in [3.63, 3.8) is 0 Å². The molecule has 0 aromatic heterocycles. The highest BCUT2D eigenvalue weighted by Crippen LogP contribution is 2.27. The van der Waals surface area contributed by atoms with E-state index in [9.17, 15) is 0 Å². The van der Waals surface area contributed by atoms with Gasteiger partial charge in [0, 0.05) is 13.2 Å². The molecule has 0 aliphatic carbocycles. The van der Waals surface area contributed by atoms with Crippen molar-refractivity contribution in [2.75, 3.05) is 13.2 Å². The van der Waals surface area contributed by atoms with Gasteiger partial charge in [0.2, 0.25) is 0 Å². The Morgan fingerprint density at radius 1 is 0.500 bits per heavy atom. The monoisotopic (exact) mass is 444 g/mol. The number of unbranched alkanes of at least 4 members (excludes halogenated alkanes) is 15. The number of hydrogen-bond acceptors (Lipinski definition) is 1. The van der Waals surface area contributed by atoms with Gasteiger partial charge in [-0.05, 0) is 18.9 Å². The molecule has 0 heterocycles. The van der Waals surface area contributed by atoms with Crippen LogP contribution in [0, 0.1) is 0 Å². The molecule has 0 N–H and O–H groups in total. The first-order valence-electron chi connectivity index (χ1n) is 11.2. The molecule has 0 aromatic carbocycles. The lowest BCUT2D eigenvalue weighted by molar-refractivity contribution is 0.125. The molecule has 0 amide bonds. The molecule has 0 aliphatic rings. The van der Waals surface area contributed by atoms with Crippen molar-refractivity contribution in [3.8, 4) is 0 Å². The van der Waals surface area contributed by atoms with E-state index < -0.39 is 6.00 Å². The lowest BCUT2D eigenvalue weighted by Crippen LogP contribution is -2.07. The van der Waals surface area contributed by atoms with E-state index in [4.69, 9.17) is 38.0 Å². The SMILES string of the molecule is CCCCCCOCCCCCCCCCCCCCCC[Si](Cl)(Cl)Cl. The fraction of sp³-hybridized carbons (Fsp3) is 1.00. The third-order valence-corrected chi connectivity index (χ3v) is 7.51. The molecule has 0 spiro atoms. The summed E-state index contributed by atoms with van der Waals surface area (Å²) in [6.07, 6.45) is 22.5. The van der Waals surface area contributed by atoms with E-state index in [0.29, 0.717) is 0 Å². The van der Waals surface area contributed by atoms with Gasteiger partial charge in [0.15, 0.2) is 0 Å². The lowest BCUT2D eigenvalue weighted by atomic mass is 10.0. The van der Waals surface area contributed by atoms with Crippen molar-refractivity contribution in [1.82, 2.24) is 0 Å².